The molecule has 0 atom stereocenters. The molecule has 1 fully saturated rings. The predicted molar refractivity (Wildman–Crippen MR) is 108 cm³/mol. The Bertz CT molecular complexity index is 951. The first-order valence-electron chi connectivity index (χ1n) is 8.12. The van der Waals surface area contributed by atoms with Gasteiger partial charge in [0.05, 0.1) is 28.6 Å². The average Bonchev–Trinajstić information content (AvgIpc) is 3.22. The van der Waals surface area contributed by atoms with Crippen molar-refractivity contribution in [2.45, 2.75) is 13.3 Å². The molecule has 2 aromatic rings. The smallest absolute Gasteiger partial charge is 0.284 e. The monoisotopic (exact) mass is 404 g/mol. The molecule has 7 nitrogen and oxygen atoms in total. The number of nitrogens with zero attached hydrogens (tertiary/aromatic N) is 2. The molecule has 0 unspecified atom stereocenters. The number of ether oxygens (including phenoxy) is 1. The molecule has 140 valence electrons. The van der Waals surface area contributed by atoms with Gasteiger partial charge >= 0.3 is 0 Å². The first-order chi connectivity index (χ1) is 12.9. The second-order valence-corrected chi connectivity index (χ2v) is 7.35. The molecule has 0 bridgehead atoms. The van der Waals surface area contributed by atoms with E-state index in [1.54, 1.807) is 35.2 Å². The maximum absolute atomic E-state index is 12.4. The van der Waals surface area contributed by atoms with E-state index in [-0.39, 0.29) is 11.6 Å². The third-order valence-corrected chi connectivity index (χ3v) is 5.27. The summed E-state index contributed by atoms with van der Waals surface area (Å²) in [6, 6.07) is 7.83. The highest BCUT2D eigenvalue weighted by Crippen LogP contribution is 2.36. The van der Waals surface area contributed by atoms with E-state index in [0.29, 0.717) is 38.6 Å². The molecule has 9 heteroatoms. The number of methoxy groups -OCH3 is 1. The van der Waals surface area contributed by atoms with Crippen molar-refractivity contribution in [3.05, 3.63) is 51.1 Å². The molecule has 3 rings (SSSR count). The molecule has 0 N–H and O–H groups in total. The molecule has 1 aliphatic rings. The molecule has 0 radical (unpaired) electrons. The Balaban J connectivity index is 1.91. The fourth-order valence-electron chi connectivity index (χ4n) is 2.62. The topological polar surface area (TPSA) is 85.8 Å². The second kappa shape index (κ2) is 7.93. The van der Waals surface area contributed by atoms with E-state index in [4.69, 9.17) is 21.4 Å². The first kappa shape index (κ1) is 19.1. The Morgan fingerprint density at radius 1 is 1.37 bits per heavy atom. The summed E-state index contributed by atoms with van der Waals surface area (Å²) in [5.41, 5.74) is 0.212. The Morgan fingerprint density at radius 3 is 2.81 bits per heavy atom. The summed E-state index contributed by atoms with van der Waals surface area (Å²) in [6.07, 6.45) is 2.42. The van der Waals surface area contributed by atoms with Crippen LogP contribution in [-0.2, 0) is 4.79 Å². The highest BCUT2D eigenvalue weighted by molar-refractivity contribution is 8.26. The zero-order chi connectivity index (χ0) is 19.6. The number of rotatable bonds is 6. The minimum Gasteiger partial charge on any atom is -0.497 e. The number of carbonyl (C=O) groups is 1. The van der Waals surface area contributed by atoms with Gasteiger partial charge < -0.3 is 9.15 Å². The van der Waals surface area contributed by atoms with E-state index >= 15 is 0 Å². The Morgan fingerprint density at radius 2 is 2.15 bits per heavy atom. The van der Waals surface area contributed by atoms with Gasteiger partial charge in [-0.2, -0.15) is 0 Å². The molecule has 1 saturated heterocycles. The first-order valence-corrected chi connectivity index (χ1v) is 9.35. The van der Waals surface area contributed by atoms with Crippen molar-refractivity contribution in [3.8, 4) is 17.1 Å². The molecule has 27 heavy (non-hydrogen) atoms. The fourth-order valence-corrected chi connectivity index (χ4v) is 3.91. The fraction of sp³-hybridized carbons (Fsp3) is 0.222. The molecular weight excluding hydrogens is 388 g/mol. The van der Waals surface area contributed by atoms with E-state index in [1.807, 2.05) is 6.92 Å². The molecule has 1 aromatic heterocycles. The van der Waals surface area contributed by atoms with Crippen molar-refractivity contribution in [1.82, 2.24) is 4.90 Å². The van der Waals surface area contributed by atoms with E-state index in [2.05, 4.69) is 0 Å². The van der Waals surface area contributed by atoms with Crippen molar-refractivity contribution in [2.24, 2.45) is 0 Å². The number of thioether (sulfide) groups is 1. The van der Waals surface area contributed by atoms with Crippen molar-refractivity contribution in [3.63, 3.8) is 0 Å². The minimum absolute atomic E-state index is 0.121. The Kier molecular flexibility index (Phi) is 5.62. The quantitative estimate of drug-likeness (QED) is 0.304. The predicted octanol–water partition coefficient (Wildman–Crippen LogP) is 4.47. The largest absolute Gasteiger partial charge is 0.497 e. The number of benzene rings is 1. The maximum atomic E-state index is 12.4. The molecule has 1 aromatic carbocycles. The number of nitro groups is 1. The summed E-state index contributed by atoms with van der Waals surface area (Å²) in [5, 5.41) is 11.4. The van der Waals surface area contributed by atoms with Crippen LogP contribution in [0.15, 0.2) is 39.7 Å². The zero-order valence-corrected chi connectivity index (χ0v) is 16.3. The summed E-state index contributed by atoms with van der Waals surface area (Å²) in [6.45, 7) is 2.55. The molecule has 0 saturated carbocycles. The number of furan rings is 1. The van der Waals surface area contributed by atoms with Crippen LogP contribution >= 0.6 is 24.0 Å². The number of nitro benzene ring substituents is 1. The number of thiocarbonyl (C=S) groups is 1. The number of amides is 1. The van der Waals surface area contributed by atoms with Gasteiger partial charge in [-0.05, 0) is 30.7 Å². The number of carbonyl (C=O) groups excluding carboxylic acids is 1. The van der Waals surface area contributed by atoms with Crippen LogP contribution in [0.2, 0.25) is 0 Å². The molecule has 2 heterocycles. The normalized spacial score (nSPS) is 15.6. The lowest BCUT2D eigenvalue weighted by Gasteiger charge is -2.11. The maximum Gasteiger partial charge on any atom is 0.284 e. The van der Waals surface area contributed by atoms with Crippen molar-refractivity contribution < 1.29 is 18.9 Å². The SMILES string of the molecule is CCCN1C(=O)/C(=C/c2ccc(-c3ccc(OC)cc3[N+](=O)[O-])o2)SC1=S. The lowest BCUT2D eigenvalue weighted by atomic mass is 10.1. The summed E-state index contributed by atoms with van der Waals surface area (Å²) in [5.74, 6) is 0.990. The molecule has 1 amide bonds. The van der Waals surface area contributed by atoms with E-state index in [9.17, 15) is 14.9 Å². The van der Waals surface area contributed by atoms with Crippen molar-refractivity contribution >= 4 is 46.0 Å². The standard InChI is InChI=1S/C18H16N2O5S2/c1-3-8-19-17(21)16(27-18(19)26)10-12-5-7-15(25-12)13-6-4-11(24-2)9-14(13)20(22)23/h4-7,9-10H,3,8H2,1-2H3/b16-10-. The molecule has 1 aliphatic heterocycles. The number of hydrogen-bond acceptors (Lipinski definition) is 7. The highest BCUT2D eigenvalue weighted by atomic mass is 32.2. The van der Waals surface area contributed by atoms with Gasteiger partial charge in [-0.15, -0.1) is 0 Å². The van der Waals surface area contributed by atoms with Gasteiger partial charge in [0.15, 0.2) is 0 Å². The Labute approximate surface area is 165 Å². The van der Waals surface area contributed by atoms with Crippen LogP contribution in [0, 0.1) is 10.1 Å². The van der Waals surface area contributed by atoms with Crippen molar-refractivity contribution in [2.75, 3.05) is 13.7 Å². The van der Waals surface area contributed by atoms with Crippen LogP contribution in [0.5, 0.6) is 5.75 Å². The van der Waals surface area contributed by atoms with Gasteiger partial charge in [-0.3, -0.25) is 19.8 Å². The lowest BCUT2D eigenvalue weighted by molar-refractivity contribution is -0.384. The van der Waals surface area contributed by atoms with Gasteiger partial charge in [0.2, 0.25) is 0 Å². The second-order valence-electron chi connectivity index (χ2n) is 5.68. The molecular formula is C18H16N2O5S2. The lowest BCUT2D eigenvalue weighted by Crippen LogP contribution is -2.28. The molecule has 0 spiro atoms. The van der Waals surface area contributed by atoms with Gasteiger partial charge in [-0.25, -0.2) is 0 Å². The van der Waals surface area contributed by atoms with Crippen LogP contribution < -0.4 is 4.74 Å². The van der Waals surface area contributed by atoms with Crippen LogP contribution in [-0.4, -0.2) is 33.7 Å². The minimum atomic E-state index is -0.490. The summed E-state index contributed by atoms with van der Waals surface area (Å²) in [7, 11) is 1.44. The summed E-state index contributed by atoms with van der Waals surface area (Å²) >= 11 is 6.46. The van der Waals surface area contributed by atoms with Crippen LogP contribution in [0.25, 0.3) is 17.4 Å². The molecule has 0 aliphatic carbocycles. The van der Waals surface area contributed by atoms with E-state index < -0.39 is 4.92 Å². The van der Waals surface area contributed by atoms with Crippen molar-refractivity contribution in [1.29, 1.82) is 0 Å². The van der Waals surface area contributed by atoms with Crippen LogP contribution in [0.3, 0.4) is 0 Å². The van der Waals surface area contributed by atoms with E-state index in [1.165, 1.54) is 24.9 Å². The van der Waals surface area contributed by atoms with Gasteiger partial charge in [0.25, 0.3) is 11.6 Å². The number of hydrogen-bond donors (Lipinski definition) is 0. The summed E-state index contributed by atoms with van der Waals surface area (Å²) < 4.78 is 11.3. The highest BCUT2D eigenvalue weighted by Gasteiger charge is 2.31. The van der Waals surface area contributed by atoms with Crippen LogP contribution in [0.1, 0.15) is 19.1 Å². The zero-order valence-electron chi connectivity index (χ0n) is 14.6. The third kappa shape index (κ3) is 3.88. The van der Waals surface area contributed by atoms with E-state index in [0.717, 1.165) is 6.42 Å². The average molecular weight is 404 g/mol. The van der Waals surface area contributed by atoms with Gasteiger partial charge in [0.1, 0.15) is 21.6 Å². The Hall–Kier alpha value is -2.65. The van der Waals surface area contributed by atoms with Crippen LogP contribution in [0.4, 0.5) is 5.69 Å². The summed E-state index contributed by atoms with van der Waals surface area (Å²) in [4.78, 5) is 25.3. The van der Waals surface area contributed by atoms with Gasteiger partial charge in [0, 0.05) is 12.6 Å². The van der Waals surface area contributed by atoms with Gasteiger partial charge in [-0.1, -0.05) is 30.9 Å². The third-order valence-electron chi connectivity index (χ3n) is 3.89.